The number of carbonyl (C=O) groups excluding carboxylic acids is 2. The third-order valence-electron chi connectivity index (χ3n) is 3.77. The molecule has 2 aromatic carbocycles. The molecule has 0 heterocycles. The Bertz CT molecular complexity index is 870. The molecule has 0 saturated carbocycles. The fraction of sp³-hybridized carbons (Fsp3) is 0.211. The second-order valence-electron chi connectivity index (χ2n) is 6.03. The highest BCUT2D eigenvalue weighted by atomic mass is 35.5. The first-order valence-corrected chi connectivity index (χ1v) is 8.60. The van der Waals surface area contributed by atoms with E-state index >= 15 is 0 Å². The van der Waals surface area contributed by atoms with Gasteiger partial charge in [0.05, 0.1) is 16.3 Å². The van der Waals surface area contributed by atoms with Crippen molar-refractivity contribution in [1.82, 2.24) is 5.32 Å². The second kappa shape index (κ2) is 9.05. The molecule has 0 aliphatic carbocycles. The van der Waals surface area contributed by atoms with E-state index in [1.165, 1.54) is 0 Å². The van der Waals surface area contributed by atoms with Crippen LogP contribution in [0.5, 0.6) is 0 Å². The van der Waals surface area contributed by atoms with Crippen LogP contribution in [0, 0.1) is 6.92 Å². The molecular weight excluding hydrogens is 370 g/mol. The van der Waals surface area contributed by atoms with Gasteiger partial charge in [-0.2, -0.15) is 0 Å². The normalized spacial score (nSPS) is 11.4. The topological polar surface area (TPSA) is 108 Å². The van der Waals surface area contributed by atoms with Gasteiger partial charge >= 0.3 is 6.09 Å². The molecule has 27 heavy (non-hydrogen) atoms. The number of amides is 3. The third kappa shape index (κ3) is 5.72. The Morgan fingerprint density at radius 3 is 2.37 bits per heavy atom. The number of hydrogen-bond donors (Lipinski definition) is 4. The lowest BCUT2D eigenvalue weighted by atomic mass is 10.1. The standard InChI is InChI=1S/C19H20ClN3O4/c1-11-6-3-4-8-14(11)23-18(25)17-13(20)7-5-9-15(17)22-16(24)10-12(2)21-19(26)27/h3-9,12,21H,10H2,1-2H3,(H,22,24)(H,23,25)(H,26,27). The van der Waals surface area contributed by atoms with E-state index < -0.39 is 23.9 Å². The van der Waals surface area contributed by atoms with Crippen LogP contribution >= 0.6 is 11.6 Å². The number of rotatable bonds is 6. The van der Waals surface area contributed by atoms with Crippen LogP contribution in [0.25, 0.3) is 0 Å². The van der Waals surface area contributed by atoms with Gasteiger partial charge in [-0.1, -0.05) is 35.9 Å². The Labute approximate surface area is 161 Å². The van der Waals surface area contributed by atoms with Crippen LogP contribution in [-0.2, 0) is 4.79 Å². The Hall–Kier alpha value is -3.06. The van der Waals surface area contributed by atoms with Crippen LogP contribution in [0.4, 0.5) is 16.2 Å². The van der Waals surface area contributed by atoms with Crippen LogP contribution in [0.3, 0.4) is 0 Å². The summed E-state index contributed by atoms with van der Waals surface area (Å²) in [5.41, 5.74) is 1.91. The molecular formula is C19H20ClN3O4. The summed E-state index contributed by atoms with van der Waals surface area (Å²) in [5, 5.41) is 16.5. The third-order valence-corrected chi connectivity index (χ3v) is 4.08. The minimum absolute atomic E-state index is 0.0856. The monoisotopic (exact) mass is 389 g/mol. The summed E-state index contributed by atoms with van der Waals surface area (Å²) in [5.74, 6) is -0.898. The van der Waals surface area contributed by atoms with Crippen LogP contribution in [0.2, 0.25) is 5.02 Å². The van der Waals surface area contributed by atoms with Gasteiger partial charge in [0.25, 0.3) is 5.91 Å². The number of anilines is 2. The highest BCUT2D eigenvalue weighted by molar-refractivity contribution is 6.35. The van der Waals surface area contributed by atoms with Gasteiger partial charge in [0, 0.05) is 18.2 Å². The Balaban J connectivity index is 2.18. The lowest BCUT2D eigenvalue weighted by Gasteiger charge is -2.15. The molecule has 3 amide bonds. The van der Waals surface area contributed by atoms with Crippen molar-refractivity contribution in [2.45, 2.75) is 26.3 Å². The Morgan fingerprint density at radius 1 is 1.04 bits per heavy atom. The molecule has 4 N–H and O–H groups in total. The lowest BCUT2D eigenvalue weighted by Crippen LogP contribution is -2.34. The zero-order chi connectivity index (χ0) is 20.0. The van der Waals surface area contributed by atoms with Gasteiger partial charge in [-0.25, -0.2) is 4.79 Å². The molecule has 0 radical (unpaired) electrons. The maximum Gasteiger partial charge on any atom is 0.404 e. The molecule has 0 aromatic heterocycles. The van der Waals surface area contributed by atoms with Crippen molar-refractivity contribution >= 4 is 40.9 Å². The van der Waals surface area contributed by atoms with Gasteiger partial charge in [-0.15, -0.1) is 0 Å². The van der Waals surface area contributed by atoms with Gasteiger partial charge in [0.1, 0.15) is 0 Å². The van der Waals surface area contributed by atoms with Gasteiger partial charge in [0.15, 0.2) is 0 Å². The number of para-hydroxylation sites is 1. The summed E-state index contributed by atoms with van der Waals surface area (Å²) in [7, 11) is 0. The minimum atomic E-state index is -1.21. The Kier molecular flexibility index (Phi) is 6.79. The first kappa shape index (κ1) is 20.3. The van der Waals surface area contributed by atoms with E-state index in [1.807, 2.05) is 19.1 Å². The number of nitrogens with one attached hydrogen (secondary N) is 3. The zero-order valence-electron chi connectivity index (χ0n) is 14.9. The average Bonchev–Trinajstić information content (AvgIpc) is 2.56. The number of carbonyl (C=O) groups is 3. The molecule has 142 valence electrons. The van der Waals surface area contributed by atoms with Crippen molar-refractivity contribution in [1.29, 1.82) is 0 Å². The first-order valence-electron chi connectivity index (χ1n) is 8.22. The lowest BCUT2D eigenvalue weighted by molar-refractivity contribution is -0.116. The van der Waals surface area contributed by atoms with E-state index in [9.17, 15) is 14.4 Å². The van der Waals surface area contributed by atoms with Gasteiger partial charge in [-0.3, -0.25) is 9.59 Å². The van der Waals surface area contributed by atoms with Gasteiger partial charge in [0.2, 0.25) is 5.91 Å². The van der Waals surface area contributed by atoms with E-state index in [-0.39, 0.29) is 22.7 Å². The van der Waals surface area contributed by atoms with Crippen LogP contribution < -0.4 is 16.0 Å². The van der Waals surface area contributed by atoms with E-state index in [1.54, 1.807) is 37.3 Å². The van der Waals surface area contributed by atoms with E-state index in [2.05, 4.69) is 16.0 Å². The highest BCUT2D eigenvalue weighted by Crippen LogP contribution is 2.26. The van der Waals surface area contributed by atoms with Crippen molar-refractivity contribution < 1.29 is 19.5 Å². The van der Waals surface area contributed by atoms with Crippen LogP contribution in [-0.4, -0.2) is 29.1 Å². The quantitative estimate of drug-likeness (QED) is 0.601. The fourth-order valence-electron chi connectivity index (χ4n) is 2.50. The zero-order valence-corrected chi connectivity index (χ0v) is 15.6. The van der Waals surface area contributed by atoms with Crippen molar-refractivity contribution in [2.75, 3.05) is 10.6 Å². The molecule has 0 fully saturated rings. The molecule has 0 bridgehead atoms. The highest BCUT2D eigenvalue weighted by Gasteiger charge is 2.19. The molecule has 2 aromatic rings. The van der Waals surface area contributed by atoms with Crippen LogP contribution in [0.15, 0.2) is 42.5 Å². The molecule has 1 unspecified atom stereocenters. The van der Waals surface area contributed by atoms with Crippen molar-refractivity contribution in [3.8, 4) is 0 Å². The second-order valence-corrected chi connectivity index (χ2v) is 6.44. The number of carboxylic acid groups (broad SMARTS) is 1. The van der Waals surface area contributed by atoms with E-state index in [0.717, 1.165) is 5.56 Å². The summed E-state index contributed by atoms with van der Waals surface area (Å²) in [6, 6.07) is 11.4. The van der Waals surface area contributed by atoms with Crippen LogP contribution in [0.1, 0.15) is 29.3 Å². The SMILES string of the molecule is Cc1ccccc1NC(=O)c1c(Cl)cccc1NC(=O)CC(C)NC(=O)O. The molecule has 0 aliphatic rings. The summed E-state index contributed by atoms with van der Waals surface area (Å²) >= 11 is 6.19. The maximum atomic E-state index is 12.7. The van der Waals surface area contributed by atoms with E-state index in [4.69, 9.17) is 16.7 Å². The first-order chi connectivity index (χ1) is 12.8. The van der Waals surface area contributed by atoms with Crippen molar-refractivity contribution in [3.05, 3.63) is 58.6 Å². The number of benzene rings is 2. The summed E-state index contributed by atoms with van der Waals surface area (Å²) in [4.78, 5) is 35.5. The van der Waals surface area contributed by atoms with Crippen molar-refractivity contribution in [3.63, 3.8) is 0 Å². The molecule has 2 rings (SSSR count). The molecule has 8 heteroatoms. The minimum Gasteiger partial charge on any atom is -0.465 e. The van der Waals surface area contributed by atoms with Gasteiger partial charge < -0.3 is 21.1 Å². The predicted octanol–water partition coefficient (Wildman–Crippen LogP) is 3.89. The largest absolute Gasteiger partial charge is 0.465 e. The predicted molar refractivity (Wildman–Crippen MR) is 104 cm³/mol. The van der Waals surface area contributed by atoms with Gasteiger partial charge in [-0.05, 0) is 37.6 Å². The molecule has 0 saturated heterocycles. The fourth-order valence-corrected chi connectivity index (χ4v) is 2.76. The molecule has 0 spiro atoms. The summed E-state index contributed by atoms with van der Waals surface area (Å²) in [6.45, 7) is 3.43. The maximum absolute atomic E-state index is 12.7. The molecule has 7 nitrogen and oxygen atoms in total. The Morgan fingerprint density at radius 2 is 1.70 bits per heavy atom. The van der Waals surface area contributed by atoms with Crippen molar-refractivity contribution in [2.24, 2.45) is 0 Å². The number of halogens is 1. The molecule has 0 aliphatic heterocycles. The summed E-state index contributed by atoms with van der Waals surface area (Å²) in [6.07, 6.45) is -1.30. The summed E-state index contributed by atoms with van der Waals surface area (Å²) < 4.78 is 0. The number of hydrogen-bond acceptors (Lipinski definition) is 3. The smallest absolute Gasteiger partial charge is 0.404 e. The van der Waals surface area contributed by atoms with E-state index in [0.29, 0.717) is 5.69 Å². The number of aryl methyl sites for hydroxylation is 1. The molecule has 1 atom stereocenters. The average molecular weight is 390 g/mol.